The average molecular weight is 332 g/mol. The Labute approximate surface area is 139 Å². The third kappa shape index (κ3) is 1.77. The molecule has 120 valence electrons. The van der Waals surface area contributed by atoms with E-state index < -0.39 is 17.2 Å². The first kappa shape index (κ1) is 13.8. The van der Waals surface area contributed by atoms with Gasteiger partial charge in [-0.1, -0.05) is 18.2 Å². The molecule has 3 heterocycles. The molecule has 0 bridgehead atoms. The number of hydrogen-bond acceptors (Lipinski definition) is 4. The molecule has 0 radical (unpaired) electrons. The predicted molar refractivity (Wildman–Crippen MR) is 87.9 cm³/mol. The van der Waals surface area contributed by atoms with Gasteiger partial charge in [0.25, 0.3) is 5.56 Å². The summed E-state index contributed by atoms with van der Waals surface area (Å²) in [6, 6.07) is 12.9. The van der Waals surface area contributed by atoms with Crippen LogP contribution in [0, 0.1) is 5.82 Å². The fraction of sp³-hybridized carbons (Fsp3) is 0. The molecular weight excluding hydrogens is 323 g/mol. The zero-order chi connectivity index (χ0) is 17.1. The van der Waals surface area contributed by atoms with E-state index in [1.165, 1.54) is 27.6 Å². The van der Waals surface area contributed by atoms with Crippen LogP contribution in [0.3, 0.4) is 0 Å². The first-order valence-electron chi connectivity index (χ1n) is 7.56. The SMILES string of the molecule is O=C1c2cc(F)ccc2-n2c1nc1c(cnn1-c1ccccc1)c2=O. The van der Waals surface area contributed by atoms with Crippen LogP contribution in [0.4, 0.5) is 4.39 Å². The lowest BCUT2D eigenvalue weighted by Gasteiger charge is -2.05. The van der Waals surface area contributed by atoms with E-state index in [0.717, 1.165) is 11.8 Å². The second kappa shape index (κ2) is 4.70. The molecular formula is C18H9FN4O2. The van der Waals surface area contributed by atoms with Gasteiger partial charge in [-0.2, -0.15) is 5.10 Å². The summed E-state index contributed by atoms with van der Waals surface area (Å²) in [5, 5.41) is 4.52. The number of hydrogen-bond donors (Lipinski definition) is 0. The standard InChI is InChI=1S/C18H9FN4O2/c19-10-6-7-14-12(8-10)15(24)17-21-16-13(18(25)22(14)17)9-20-23(16)11-4-2-1-3-5-11/h1-9H. The third-order valence-electron chi connectivity index (χ3n) is 4.25. The van der Waals surface area contributed by atoms with Crippen molar-refractivity contribution >= 4 is 16.8 Å². The second-order valence-corrected chi connectivity index (χ2v) is 5.70. The number of nitrogens with zero attached hydrogens (tertiary/aromatic N) is 4. The van der Waals surface area contributed by atoms with Crippen LogP contribution < -0.4 is 5.56 Å². The molecule has 2 aromatic carbocycles. The van der Waals surface area contributed by atoms with Crippen LogP contribution >= 0.6 is 0 Å². The van der Waals surface area contributed by atoms with Gasteiger partial charge < -0.3 is 0 Å². The van der Waals surface area contributed by atoms with Gasteiger partial charge in [0.1, 0.15) is 11.2 Å². The molecule has 4 aromatic rings. The van der Waals surface area contributed by atoms with Crippen molar-refractivity contribution in [2.75, 3.05) is 0 Å². The molecule has 5 rings (SSSR count). The summed E-state index contributed by atoms with van der Waals surface area (Å²) in [4.78, 5) is 29.8. The van der Waals surface area contributed by atoms with Crippen LogP contribution in [0.25, 0.3) is 22.4 Å². The normalized spacial score (nSPS) is 12.4. The Morgan fingerprint density at radius 3 is 2.60 bits per heavy atom. The van der Waals surface area contributed by atoms with Crippen molar-refractivity contribution < 1.29 is 9.18 Å². The largest absolute Gasteiger partial charge is 0.285 e. The van der Waals surface area contributed by atoms with Gasteiger partial charge >= 0.3 is 0 Å². The van der Waals surface area contributed by atoms with Crippen LogP contribution in [-0.4, -0.2) is 25.1 Å². The Balaban J connectivity index is 1.85. The Kier molecular flexibility index (Phi) is 2.59. The molecule has 0 N–H and O–H groups in total. The van der Waals surface area contributed by atoms with Crippen molar-refractivity contribution in [2.45, 2.75) is 0 Å². The number of para-hydroxylation sites is 1. The minimum Gasteiger partial charge on any atom is -0.285 e. The first-order chi connectivity index (χ1) is 12.1. The quantitative estimate of drug-likeness (QED) is 0.472. The van der Waals surface area contributed by atoms with Crippen molar-refractivity contribution in [3.05, 3.63) is 82.3 Å². The van der Waals surface area contributed by atoms with Crippen LogP contribution in [0.15, 0.2) is 59.5 Å². The Morgan fingerprint density at radius 2 is 1.80 bits per heavy atom. The molecule has 6 nitrogen and oxygen atoms in total. The van der Waals surface area contributed by atoms with Crippen LogP contribution in [-0.2, 0) is 0 Å². The Bertz CT molecular complexity index is 1240. The number of halogens is 1. The fourth-order valence-electron chi connectivity index (χ4n) is 3.11. The van der Waals surface area contributed by atoms with E-state index in [4.69, 9.17) is 0 Å². The lowest BCUT2D eigenvalue weighted by atomic mass is 10.1. The van der Waals surface area contributed by atoms with Gasteiger partial charge in [0.2, 0.25) is 5.78 Å². The highest BCUT2D eigenvalue weighted by molar-refractivity contribution is 6.13. The lowest BCUT2D eigenvalue weighted by Crippen LogP contribution is -2.21. The third-order valence-corrected chi connectivity index (χ3v) is 4.25. The smallest absolute Gasteiger partial charge is 0.269 e. The number of ketones is 1. The number of fused-ring (bicyclic) bond motifs is 4. The van der Waals surface area contributed by atoms with Gasteiger partial charge in [-0.15, -0.1) is 0 Å². The molecule has 7 heteroatoms. The van der Waals surface area contributed by atoms with Crippen molar-refractivity contribution in [1.82, 2.24) is 19.3 Å². The Morgan fingerprint density at radius 1 is 1.00 bits per heavy atom. The summed E-state index contributed by atoms with van der Waals surface area (Å²) in [6.45, 7) is 0. The maximum atomic E-state index is 13.5. The lowest BCUT2D eigenvalue weighted by molar-refractivity contribution is 0.103. The van der Waals surface area contributed by atoms with Crippen molar-refractivity contribution in [2.24, 2.45) is 0 Å². The van der Waals surface area contributed by atoms with E-state index >= 15 is 0 Å². The average Bonchev–Trinajstić information content (AvgIpc) is 3.17. The van der Waals surface area contributed by atoms with Gasteiger partial charge in [0.05, 0.1) is 23.1 Å². The molecule has 1 aliphatic heterocycles. The number of benzene rings is 2. The van der Waals surface area contributed by atoms with Gasteiger partial charge in [-0.3, -0.25) is 14.2 Å². The number of carbonyl (C=O) groups is 1. The minimum atomic E-state index is -0.534. The first-order valence-corrected chi connectivity index (χ1v) is 7.56. The Hall–Kier alpha value is -3.61. The van der Waals surface area contributed by atoms with Crippen molar-refractivity contribution in [3.8, 4) is 11.4 Å². The molecule has 1 aliphatic rings. The molecule has 0 saturated heterocycles. The highest BCUT2D eigenvalue weighted by Gasteiger charge is 2.31. The minimum absolute atomic E-state index is 0.0317. The molecule has 0 aliphatic carbocycles. The van der Waals surface area contributed by atoms with E-state index in [9.17, 15) is 14.0 Å². The van der Waals surface area contributed by atoms with Gasteiger partial charge in [-0.25, -0.2) is 14.1 Å². The fourth-order valence-corrected chi connectivity index (χ4v) is 3.11. The van der Waals surface area contributed by atoms with E-state index in [1.54, 1.807) is 0 Å². The van der Waals surface area contributed by atoms with Gasteiger partial charge in [0.15, 0.2) is 11.5 Å². The summed E-state index contributed by atoms with van der Waals surface area (Å²) in [7, 11) is 0. The summed E-state index contributed by atoms with van der Waals surface area (Å²) in [5.41, 5.74) is 1.10. The molecule has 2 aromatic heterocycles. The molecule has 0 atom stereocenters. The van der Waals surface area contributed by atoms with Crippen LogP contribution in [0.5, 0.6) is 0 Å². The predicted octanol–water partition coefficient (Wildman–Crippen LogP) is 2.25. The summed E-state index contributed by atoms with van der Waals surface area (Å²) in [6.07, 6.45) is 1.43. The molecule has 0 saturated carbocycles. The highest BCUT2D eigenvalue weighted by atomic mass is 19.1. The van der Waals surface area contributed by atoms with Gasteiger partial charge in [0, 0.05) is 0 Å². The van der Waals surface area contributed by atoms with E-state index in [1.807, 2.05) is 30.3 Å². The van der Waals surface area contributed by atoms with Crippen molar-refractivity contribution in [1.29, 1.82) is 0 Å². The number of carbonyl (C=O) groups excluding carboxylic acids is 1. The molecule has 0 amide bonds. The summed E-state index contributed by atoms with van der Waals surface area (Å²) >= 11 is 0. The summed E-state index contributed by atoms with van der Waals surface area (Å²) < 4.78 is 16.2. The van der Waals surface area contributed by atoms with E-state index in [0.29, 0.717) is 11.3 Å². The van der Waals surface area contributed by atoms with E-state index in [-0.39, 0.29) is 16.8 Å². The van der Waals surface area contributed by atoms with Crippen molar-refractivity contribution in [3.63, 3.8) is 0 Å². The van der Waals surface area contributed by atoms with Gasteiger partial charge in [-0.05, 0) is 30.3 Å². The number of rotatable bonds is 1. The molecule has 0 fully saturated rings. The zero-order valence-corrected chi connectivity index (χ0v) is 12.7. The maximum absolute atomic E-state index is 13.5. The molecule has 0 spiro atoms. The number of aromatic nitrogens is 4. The summed E-state index contributed by atoms with van der Waals surface area (Å²) in [5.74, 6) is -1.04. The zero-order valence-electron chi connectivity index (χ0n) is 12.7. The van der Waals surface area contributed by atoms with Crippen LogP contribution in [0.1, 0.15) is 16.2 Å². The highest BCUT2D eigenvalue weighted by Crippen LogP contribution is 2.27. The van der Waals surface area contributed by atoms with Crippen LogP contribution in [0.2, 0.25) is 0 Å². The molecule has 25 heavy (non-hydrogen) atoms. The topological polar surface area (TPSA) is 69.8 Å². The van der Waals surface area contributed by atoms with E-state index in [2.05, 4.69) is 10.1 Å². The molecule has 0 unspecified atom stereocenters. The second-order valence-electron chi connectivity index (χ2n) is 5.70. The maximum Gasteiger partial charge on any atom is 0.269 e. The monoisotopic (exact) mass is 332 g/mol.